The Hall–Kier alpha value is -2.66. The van der Waals surface area contributed by atoms with Gasteiger partial charge in [-0.3, -0.25) is 0 Å². The van der Waals surface area contributed by atoms with Crippen LogP contribution in [0, 0.1) is 5.82 Å². The van der Waals surface area contributed by atoms with Crippen molar-refractivity contribution in [2.24, 2.45) is 0 Å². The molecule has 0 N–H and O–H groups in total. The number of ether oxygens (including phenoxy) is 2. The predicted molar refractivity (Wildman–Crippen MR) is 123 cm³/mol. The zero-order valence-electron chi connectivity index (χ0n) is 17.9. The molecule has 0 saturated heterocycles. The van der Waals surface area contributed by atoms with E-state index in [0.717, 1.165) is 43.4 Å². The van der Waals surface area contributed by atoms with E-state index in [0.29, 0.717) is 33.2 Å². The number of aryl methyl sites for hydroxylation is 1. The van der Waals surface area contributed by atoms with Crippen molar-refractivity contribution in [1.82, 2.24) is 0 Å². The second-order valence-corrected chi connectivity index (χ2v) is 8.91. The van der Waals surface area contributed by atoms with Crippen LogP contribution < -0.4 is 4.74 Å². The Bertz CT molecular complexity index is 1100. The summed E-state index contributed by atoms with van der Waals surface area (Å²) < 4.78 is 26.0. The summed E-state index contributed by atoms with van der Waals surface area (Å²) >= 11 is 1.11. The molecule has 1 aliphatic carbocycles. The van der Waals surface area contributed by atoms with Gasteiger partial charge in [0.2, 0.25) is 0 Å². The van der Waals surface area contributed by atoms with E-state index in [1.807, 2.05) is 13.0 Å². The lowest BCUT2D eigenvalue weighted by molar-refractivity contribution is 0.0612. The number of rotatable bonds is 7. The molecule has 0 saturated carbocycles. The van der Waals surface area contributed by atoms with Crippen LogP contribution in [0.4, 0.5) is 4.39 Å². The fourth-order valence-corrected chi connectivity index (χ4v) is 5.00. The van der Waals surface area contributed by atoms with Crippen LogP contribution in [-0.4, -0.2) is 12.6 Å². The fourth-order valence-electron chi connectivity index (χ4n) is 4.04. The standard InChI is InChI=1S/C26H27FO3S/c1-3-5-17-6-8-18(9-7-17)19-10-13-21(14-11-19)30-26(28)23-16-20-12-15-22(29-4-2)24(27)25(20)31-23/h6-9,12-13,15-16,19H,3-5,10-11,14H2,1-2H3. The zero-order chi connectivity index (χ0) is 21.8. The minimum atomic E-state index is -0.424. The van der Waals surface area contributed by atoms with Crippen LogP contribution in [0.5, 0.6) is 5.75 Å². The van der Waals surface area contributed by atoms with E-state index < -0.39 is 11.8 Å². The molecule has 3 nitrogen and oxygen atoms in total. The molecule has 162 valence electrons. The Morgan fingerprint density at radius 3 is 2.65 bits per heavy atom. The largest absolute Gasteiger partial charge is 0.491 e. The van der Waals surface area contributed by atoms with Gasteiger partial charge < -0.3 is 9.47 Å². The van der Waals surface area contributed by atoms with Gasteiger partial charge in [-0.25, -0.2) is 9.18 Å². The van der Waals surface area contributed by atoms with Crippen LogP contribution in [-0.2, 0) is 11.2 Å². The number of thiophene rings is 1. The van der Waals surface area contributed by atoms with Crippen LogP contribution in [0.2, 0.25) is 0 Å². The molecule has 0 bridgehead atoms. The predicted octanol–water partition coefficient (Wildman–Crippen LogP) is 7.40. The van der Waals surface area contributed by atoms with E-state index in [9.17, 15) is 9.18 Å². The lowest BCUT2D eigenvalue weighted by Crippen LogP contribution is -2.09. The molecule has 0 radical (unpaired) electrons. The topological polar surface area (TPSA) is 35.5 Å². The normalized spacial score (nSPS) is 16.2. The molecule has 1 heterocycles. The first-order valence-corrected chi connectivity index (χ1v) is 11.8. The third-order valence-corrected chi connectivity index (χ3v) is 6.80. The average molecular weight is 439 g/mol. The van der Waals surface area contributed by atoms with E-state index in [2.05, 4.69) is 31.2 Å². The fraction of sp³-hybridized carbons (Fsp3) is 0.346. The average Bonchev–Trinajstić information content (AvgIpc) is 3.23. The number of carbonyl (C=O) groups is 1. The number of halogens is 1. The molecular formula is C26H27FO3S. The summed E-state index contributed by atoms with van der Waals surface area (Å²) in [7, 11) is 0. The number of hydrogen-bond acceptors (Lipinski definition) is 4. The summed E-state index contributed by atoms with van der Waals surface area (Å²) in [5, 5.41) is 0.683. The van der Waals surface area contributed by atoms with E-state index in [4.69, 9.17) is 9.47 Å². The summed E-state index contributed by atoms with van der Waals surface area (Å²) in [5.41, 5.74) is 2.71. The van der Waals surface area contributed by atoms with Crippen molar-refractivity contribution in [1.29, 1.82) is 0 Å². The van der Waals surface area contributed by atoms with Crippen LogP contribution >= 0.6 is 11.3 Å². The molecule has 2 aromatic carbocycles. The molecular weight excluding hydrogens is 411 g/mol. The minimum Gasteiger partial charge on any atom is -0.491 e. The SMILES string of the molecule is CCCc1ccc(C2CC=C(OC(=O)c3cc4ccc(OCC)c(F)c4s3)CC2)cc1. The number of benzene rings is 2. The molecule has 3 aromatic rings. The number of allylic oxidation sites excluding steroid dienone is 2. The van der Waals surface area contributed by atoms with Crippen LogP contribution in [0.1, 0.15) is 66.2 Å². The molecule has 1 atom stereocenters. The Morgan fingerprint density at radius 2 is 1.97 bits per heavy atom. The Labute approximate surface area is 186 Å². The van der Waals surface area contributed by atoms with Gasteiger partial charge in [-0.1, -0.05) is 37.6 Å². The summed E-state index contributed by atoms with van der Waals surface area (Å²) in [5.74, 6) is 0.520. The maximum absolute atomic E-state index is 14.6. The second kappa shape index (κ2) is 9.65. The van der Waals surface area contributed by atoms with Gasteiger partial charge in [0.05, 0.1) is 11.3 Å². The van der Waals surface area contributed by atoms with Gasteiger partial charge >= 0.3 is 5.97 Å². The summed E-state index contributed by atoms with van der Waals surface area (Å²) in [6.45, 7) is 4.39. The Balaban J connectivity index is 1.41. The number of fused-ring (bicyclic) bond motifs is 1. The van der Waals surface area contributed by atoms with Crippen molar-refractivity contribution in [3.63, 3.8) is 0 Å². The van der Waals surface area contributed by atoms with E-state index >= 15 is 0 Å². The molecule has 0 spiro atoms. The maximum Gasteiger partial charge on any atom is 0.353 e. The van der Waals surface area contributed by atoms with Gasteiger partial charge in [0, 0.05) is 6.42 Å². The van der Waals surface area contributed by atoms with Crippen molar-refractivity contribution in [2.75, 3.05) is 6.61 Å². The van der Waals surface area contributed by atoms with Crippen molar-refractivity contribution < 1.29 is 18.7 Å². The number of hydrogen-bond donors (Lipinski definition) is 0. The zero-order valence-corrected chi connectivity index (χ0v) is 18.8. The first-order chi connectivity index (χ1) is 15.1. The van der Waals surface area contributed by atoms with Gasteiger partial charge in [0.25, 0.3) is 0 Å². The molecule has 1 unspecified atom stereocenters. The highest BCUT2D eigenvalue weighted by Crippen LogP contribution is 2.36. The van der Waals surface area contributed by atoms with Crippen molar-refractivity contribution in [3.8, 4) is 5.75 Å². The molecule has 4 rings (SSSR count). The van der Waals surface area contributed by atoms with Crippen LogP contribution in [0.25, 0.3) is 10.1 Å². The lowest BCUT2D eigenvalue weighted by atomic mass is 9.86. The third kappa shape index (κ3) is 4.82. The smallest absolute Gasteiger partial charge is 0.353 e. The highest BCUT2D eigenvalue weighted by Gasteiger charge is 2.21. The quantitative estimate of drug-likeness (QED) is 0.361. The van der Waals surface area contributed by atoms with Crippen molar-refractivity contribution >= 4 is 27.4 Å². The first kappa shape index (κ1) is 21.6. The lowest BCUT2D eigenvalue weighted by Gasteiger charge is -2.22. The molecule has 1 aliphatic rings. The molecule has 0 fully saturated rings. The van der Waals surface area contributed by atoms with Gasteiger partial charge in [-0.15, -0.1) is 11.3 Å². The molecule has 5 heteroatoms. The molecule has 0 aliphatic heterocycles. The van der Waals surface area contributed by atoms with Crippen LogP contribution in [0.3, 0.4) is 0 Å². The van der Waals surface area contributed by atoms with Crippen molar-refractivity contribution in [2.45, 2.75) is 51.9 Å². The third-order valence-electron chi connectivity index (χ3n) is 5.67. The summed E-state index contributed by atoms with van der Waals surface area (Å²) in [4.78, 5) is 13.0. The van der Waals surface area contributed by atoms with E-state index in [1.54, 1.807) is 18.2 Å². The highest BCUT2D eigenvalue weighted by atomic mass is 32.1. The van der Waals surface area contributed by atoms with Crippen molar-refractivity contribution in [3.05, 3.63) is 76.1 Å². The van der Waals surface area contributed by atoms with Gasteiger partial charge in [-0.2, -0.15) is 0 Å². The minimum absolute atomic E-state index is 0.209. The van der Waals surface area contributed by atoms with Gasteiger partial charge in [-0.05, 0) is 72.9 Å². The number of esters is 1. The van der Waals surface area contributed by atoms with E-state index in [-0.39, 0.29) is 5.75 Å². The maximum atomic E-state index is 14.6. The Kier molecular flexibility index (Phi) is 6.71. The summed E-state index contributed by atoms with van der Waals surface area (Å²) in [6, 6.07) is 13.9. The number of carbonyl (C=O) groups excluding carboxylic acids is 1. The molecule has 1 aromatic heterocycles. The monoisotopic (exact) mass is 438 g/mol. The van der Waals surface area contributed by atoms with Gasteiger partial charge in [0.1, 0.15) is 10.6 Å². The first-order valence-electron chi connectivity index (χ1n) is 10.9. The molecule has 0 amide bonds. The highest BCUT2D eigenvalue weighted by molar-refractivity contribution is 7.20. The second-order valence-electron chi connectivity index (χ2n) is 7.86. The van der Waals surface area contributed by atoms with Gasteiger partial charge in [0.15, 0.2) is 11.6 Å². The Morgan fingerprint density at radius 1 is 1.16 bits per heavy atom. The van der Waals surface area contributed by atoms with E-state index in [1.165, 1.54) is 11.1 Å². The summed E-state index contributed by atoms with van der Waals surface area (Å²) in [6.07, 6.45) is 6.81. The molecule has 31 heavy (non-hydrogen) atoms. The van der Waals surface area contributed by atoms with Crippen LogP contribution in [0.15, 0.2) is 54.3 Å².